The first kappa shape index (κ1) is 15.7. The van der Waals surface area contributed by atoms with Crippen molar-refractivity contribution >= 4 is 21.8 Å². The molecule has 0 aromatic rings. The molecule has 1 saturated heterocycles. The highest BCUT2D eigenvalue weighted by Gasteiger charge is 2.35. The lowest BCUT2D eigenvalue weighted by Crippen LogP contribution is -2.56. The fourth-order valence-electron chi connectivity index (χ4n) is 2.23. The van der Waals surface area contributed by atoms with Gasteiger partial charge in [0, 0.05) is 19.6 Å². The van der Waals surface area contributed by atoms with Gasteiger partial charge in [0.15, 0.2) is 9.84 Å². The topological polar surface area (TPSA) is 95.0 Å². The molecule has 1 heterocycles. The van der Waals surface area contributed by atoms with Gasteiger partial charge in [0.1, 0.15) is 6.04 Å². The van der Waals surface area contributed by atoms with Gasteiger partial charge in [-0.25, -0.2) is 18.0 Å². The van der Waals surface area contributed by atoms with Crippen LogP contribution in [0.5, 0.6) is 0 Å². The Kier molecular flexibility index (Phi) is 4.78. The Labute approximate surface area is 113 Å². The lowest BCUT2D eigenvalue weighted by molar-refractivity contribution is -0.142. The molecule has 1 fully saturated rings. The number of rotatable bonds is 3. The zero-order chi connectivity index (χ0) is 14.8. The number of carboxylic acids is 1. The van der Waals surface area contributed by atoms with Crippen LogP contribution >= 0.6 is 0 Å². The second kappa shape index (κ2) is 5.77. The van der Waals surface area contributed by atoms with E-state index in [1.165, 1.54) is 11.9 Å². The van der Waals surface area contributed by atoms with Gasteiger partial charge >= 0.3 is 12.0 Å². The molecular weight excluding hydrogens is 272 g/mol. The summed E-state index contributed by atoms with van der Waals surface area (Å²) in [5.74, 6) is -1.20. The summed E-state index contributed by atoms with van der Waals surface area (Å²) in [6.07, 6.45) is 0.304. The van der Waals surface area contributed by atoms with Crippen molar-refractivity contribution in [3.05, 3.63) is 0 Å². The first-order valence-corrected chi connectivity index (χ1v) is 7.98. The number of carbonyl (C=O) groups excluding carboxylic acids is 1. The van der Waals surface area contributed by atoms with E-state index < -0.39 is 33.9 Å². The molecular formula is C11H20N2O5S. The van der Waals surface area contributed by atoms with Crippen molar-refractivity contribution in [1.29, 1.82) is 0 Å². The van der Waals surface area contributed by atoms with Gasteiger partial charge in [-0.05, 0) is 13.3 Å². The predicted molar refractivity (Wildman–Crippen MR) is 69.7 cm³/mol. The average Bonchev–Trinajstić information content (AvgIpc) is 2.27. The number of urea groups is 1. The summed E-state index contributed by atoms with van der Waals surface area (Å²) < 4.78 is 22.9. The summed E-state index contributed by atoms with van der Waals surface area (Å²) >= 11 is 0. The second-order valence-corrected chi connectivity index (χ2v) is 7.04. The Morgan fingerprint density at radius 2 is 2.05 bits per heavy atom. The van der Waals surface area contributed by atoms with Crippen LogP contribution in [0.15, 0.2) is 0 Å². The van der Waals surface area contributed by atoms with E-state index >= 15 is 0 Å². The van der Waals surface area contributed by atoms with Crippen LogP contribution in [0.1, 0.15) is 20.3 Å². The number of sulfone groups is 1. The standard InChI is InChI=1S/C11H20N2O5S/c1-4-9(10(14)15)12(3)11(16)13-5-6-19(17,18)7-8(13)2/h8-9H,4-7H2,1-3H3,(H,14,15). The van der Waals surface area contributed by atoms with Crippen LogP contribution in [0.3, 0.4) is 0 Å². The zero-order valence-corrected chi connectivity index (χ0v) is 12.2. The van der Waals surface area contributed by atoms with Crippen molar-refractivity contribution in [3.8, 4) is 0 Å². The molecule has 0 aliphatic carbocycles. The summed E-state index contributed by atoms with van der Waals surface area (Å²) in [6, 6.07) is -1.75. The van der Waals surface area contributed by atoms with Gasteiger partial charge in [-0.1, -0.05) is 6.92 Å². The maximum Gasteiger partial charge on any atom is 0.326 e. The van der Waals surface area contributed by atoms with Crippen molar-refractivity contribution < 1.29 is 23.1 Å². The van der Waals surface area contributed by atoms with E-state index in [1.807, 2.05) is 0 Å². The zero-order valence-electron chi connectivity index (χ0n) is 11.4. The first-order valence-electron chi connectivity index (χ1n) is 6.16. The third-order valence-electron chi connectivity index (χ3n) is 3.36. The number of carbonyl (C=O) groups is 2. The highest BCUT2D eigenvalue weighted by atomic mass is 32.2. The van der Waals surface area contributed by atoms with Gasteiger partial charge < -0.3 is 14.9 Å². The summed E-state index contributed by atoms with van der Waals surface area (Å²) in [5.41, 5.74) is 0. The number of aliphatic carboxylic acids is 1. The smallest absolute Gasteiger partial charge is 0.326 e. The van der Waals surface area contributed by atoms with E-state index in [1.54, 1.807) is 13.8 Å². The number of hydrogen-bond donors (Lipinski definition) is 1. The Balaban J connectivity index is 2.80. The molecule has 1 rings (SSSR count). The van der Waals surface area contributed by atoms with Crippen molar-refractivity contribution in [2.75, 3.05) is 25.1 Å². The van der Waals surface area contributed by atoms with Gasteiger partial charge in [-0.15, -0.1) is 0 Å². The van der Waals surface area contributed by atoms with Crippen molar-refractivity contribution in [3.63, 3.8) is 0 Å². The largest absolute Gasteiger partial charge is 0.480 e. The van der Waals surface area contributed by atoms with Gasteiger partial charge in [-0.2, -0.15) is 0 Å². The van der Waals surface area contributed by atoms with Crippen molar-refractivity contribution in [2.24, 2.45) is 0 Å². The number of carboxylic acid groups (broad SMARTS) is 1. The molecule has 0 radical (unpaired) electrons. The minimum absolute atomic E-state index is 0.0687. The third kappa shape index (κ3) is 3.59. The molecule has 2 atom stereocenters. The Hall–Kier alpha value is -1.31. The van der Waals surface area contributed by atoms with Gasteiger partial charge in [0.2, 0.25) is 0 Å². The van der Waals surface area contributed by atoms with Crippen LogP contribution in [0.25, 0.3) is 0 Å². The molecule has 0 aromatic heterocycles. The van der Waals surface area contributed by atoms with Crippen LogP contribution in [-0.2, 0) is 14.6 Å². The Morgan fingerprint density at radius 1 is 1.47 bits per heavy atom. The molecule has 0 aromatic carbocycles. The van der Waals surface area contributed by atoms with Gasteiger partial charge in [0.05, 0.1) is 11.5 Å². The van der Waals surface area contributed by atoms with Crippen LogP contribution in [0.2, 0.25) is 0 Å². The molecule has 2 amide bonds. The summed E-state index contributed by atoms with van der Waals surface area (Å²) in [5, 5.41) is 9.03. The SMILES string of the molecule is CCC(C(=O)O)N(C)C(=O)N1CCS(=O)(=O)CC1C. The number of hydrogen-bond acceptors (Lipinski definition) is 4. The van der Waals surface area contributed by atoms with E-state index in [4.69, 9.17) is 5.11 Å². The third-order valence-corrected chi connectivity index (χ3v) is 5.15. The molecule has 1 N–H and O–H groups in total. The minimum Gasteiger partial charge on any atom is -0.480 e. The monoisotopic (exact) mass is 292 g/mol. The molecule has 0 bridgehead atoms. The van der Waals surface area contributed by atoms with Gasteiger partial charge in [-0.3, -0.25) is 0 Å². The molecule has 19 heavy (non-hydrogen) atoms. The van der Waals surface area contributed by atoms with E-state index in [0.717, 1.165) is 4.90 Å². The summed E-state index contributed by atoms with van der Waals surface area (Å²) in [7, 11) is -1.66. The molecule has 1 aliphatic rings. The highest BCUT2D eigenvalue weighted by molar-refractivity contribution is 7.91. The minimum atomic E-state index is -3.09. The van der Waals surface area contributed by atoms with Gasteiger partial charge in [0.25, 0.3) is 0 Å². The molecule has 8 heteroatoms. The molecule has 2 unspecified atom stereocenters. The van der Waals surface area contributed by atoms with E-state index in [-0.39, 0.29) is 18.1 Å². The van der Waals surface area contributed by atoms with E-state index in [0.29, 0.717) is 6.42 Å². The molecule has 1 aliphatic heterocycles. The lowest BCUT2D eigenvalue weighted by atomic mass is 10.2. The van der Waals surface area contributed by atoms with E-state index in [9.17, 15) is 18.0 Å². The van der Waals surface area contributed by atoms with Crippen LogP contribution in [0.4, 0.5) is 4.79 Å². The lowest BCUT2D eigenvalue weighted by Gasteiger charge is -2.37. The molecule has 0 spiro atoms. The summed E-state index contributed by atoms with van der Waals surface area (Å²) in [6.45, 7) is 3.46. The molecule has 110 valence electrons. The average molecular weight is 292 g/mol. The number of likely N-dealkylation sites (N-methyl/N-ethyl adjacent to an activating group) is 1. The fraction of sp³-hybridized carbons (Fsp3) is 0.818. The van der Waals surface area contributed by atoms with Crippen LogP contribution < -0.4 is 0 Å². The van der Waals surface area contributed by atoms with Crippen molar-refractivity contribution in [1.82, 2.24) is 9.80 Å². The normalized spacial score (nSPS) is 23.7. The fourth-order valence-corrected chi connectivity index (χ4v) is 3.79. The first-order chi connectivity index (χ1) is 8.69. The second-order valence-electron chi connectivity index (χ2n) is 4.81. The Morgan fingerprint density at radius 3 is 2.47 bits per heavy atom. The quantitative estimate of drug-likeness (QED) is 0.791. The van der Waals surface area contributed by atoms with Crippen LogP contribution in [0, 0.1) is 0 Å². The number of amides is 2. The number of nitrogens with zero attached hydrogens (tertiary/aromatic N) is 2. The van der Waals surface area contributed by atoms with Crippen molar-refractivity contribution in [2.45, 2.75) is 32.4 Å². The molecule has 0 saturated carbocycles. The molecule has 7 nitrogen and oxygen atoms in total. The predicted octanol–water partition coefficient (Wildman–Crippen LogP) is 0.0203. The van der Waals surface area contributed by atoms with Crippen LogP contribution in [-0.4, -0.2) is 72.5 Å². The summed E-state index contributed by atoms with van der Waals surface area (Å²) in [4.78, 5) is 25.8. The maximum absolute atomic E-state index is 12.2. The Bertz CT molecular complexity index is 462. The maximum atomic E-state index is 12.2. The highest BCUT2D eigenvalue weighted by Crippen LogP contribution is 2.15. The van der Waals surface area contributed by atoms with E-state index in [2.05, 4.69) is 0 Å².